The maximum absolute atomic E-state index is 9.20. The maximum atomic E-state index is 9.20. The van der Waals surface area contributed by atoms with Gasteiger partial charge in [0, 0.05) is 5.38 Å². The number of thiazole rings is 1. The summed E-state index contributed by atoms with van der Waals surface area (Å²) < 4.78 is 2.16. The zero-order valence-corrected chi connectivity index (χ0v) is 14.2. The smallest absolute Gasteiger partial charge is 0.194 e. The summed E-state index contributed by atoms with van der Waals surface area (Å²) in [5.74, 6) is 0.322. The topological polar surface area (TPSA) is 41.1 Å². The molecule has 3 aromatic rings. The van der Waals surface area contributed by atoms with Crippen molar-refractivity contribution in [3.05, 3.63) is 46.1 Å². The Morgan fingerprint density at radius 1 is 1.27 bits per heavy atom. The fraction of sp³-hybridized carbons (Fsp3) is 0.333. The second-order valence-corrected chi connectivity index (χ2v) is 6.81. The molecule has 2 aromatic heterocycles. The van der Waals surface area contributed by atoms with Crippen LogP contribution >= 0.6 is 11.3 Å². The van der Waals surface area contributed by atoms with Crippen molar-refractivity contribution < 1.29 is 0 Å². The van der Waals surface area contributed by atoms with E-state index in [9.17, 15) is 5.26 Å². The molecular weight excluding hydrogens is 290 g/mol. The van der Waals surface area contributed by atoms with E-state index in [0.717, 1.165) is 22.0 Å². The van der Waals surface area contributed by atoms with E-state index in [1.54, 1.807) is 11.3 Å². The Morgan fingerprint density at radius 3 is 2.68 bits per heavy atom. The van der Waals surface area contributed by atoms with Crippen LogP contribution in [-0.2, 0) is 6.42 Å². The summed E-state index contributed by atoms with van der Waals surface area (Å²) in [7, 11) is 0. The van der Waals surface area contributed by atoms with Crippen LogP contribution in [0.4, 0.5) is 0 Å². The van der Waals surface area contributed by atoms with Gasteiger partial charge in [-0.05, 0) is 42.5 Å². The van der Waals surface area contributed by atoms with Gasteiger partial charge in [-0.25, -0.2) is 4.98 Å². The average Bonchev–Trinajstić information content (AvgIpc) is 3.03. The van der Waals surface area contributed by atoms with Gasteiger partial charge in [-0.1, -0.05) is 26.0 Å². The van der Waals surface area contributed by atoms with Crippen molar-refractivity contribution in [1.29, 1.82) is 5.26 Å². The van der Waals surface area contributed by atoms with Crippen molar-refractivity contribution >= 4 is 16.3 Å². The predicted molar refractivity (Wildman–Crippen MR) is 91.4 cm³/mol. The fourth-order valence-electron chi connectivity index (χ4n) is 2.74. The largest absolute Gasteiger partial charge is 0.286 e. The van der Waals surface area contributed by atoms with Gasteiger partial charge in [0.1, 0.15) is 0 Å². The van der Waals surface area contributed by atoms with Crippen molar-refractivity contribution in [3.63, 3.8) is 0 Å². The molecule has 0 N–H and O–H groups in total. The molecular formula is C18H19N3S. The molecule has 22 heavy (non-hydrogen) atoms. The number of benzene rings is 1. The molecule has 0 saturated heterocycles. The molecule has 0 saturated carbocycles. The molecule has 0 unspecified atom stereocenters. The fourth-order valence-corrected chi connectivity index (χ4v) is 3.66. The summed E-state index contributed by atoms with van der Waals surface area (Å²) >= 11 is 1.64. The van der Waals surface area contributed by atoms with Gasteiger partial charge in [0.25, 0.3) is 0 Å². The molecule has 112 valence electrons. The standard InChI is InChI=1S/C18H19N3S/c1-11(2)17-15(7-8-19)21-16(10-22-18(21)20-17)14-6-5-12(3)13(4)9-14/h5-6,9-11H,7H2,1-4H3. The summed E-state index contributed by atoms with van der Waals surface area (Å²) in [4.78, 5) is 5.72. The minimum Gasteiger partial charge on any atom is -0.286 e. The van der Waals surface area contributed by atoms with E-state index in [1.807, 2.05) is 0 Å². The van der Waals surface area contributed by atoms with Gasteiger partial charge in [-0.15, -0.1) is 11.3 Å². The number of nitrogens with zero attached hydrogens (tertiary/aromatic N) is 3. The lowest BCUT2D eigenvalue weighted by Gasteiger charge is -2.08. The molecule has 0 aliphatic rings. The lowest BCUT2D eigenvalue weighted by atomic mass is 10.0. The van der Waals surface area contributed by atoms with Crippen LogP contribution in [0.3, 0.4) is 0 Å². The molecule has 1 aromatic carbocycles. The van der Waals surface area contributed by atoms with Crippen LogP contribution in [0.15, 0.2) is 23.6 Å². The van der Waals surface area contributed by atoms with E-state index < -0.39 is 0 Å². The van der Waals surface area contributed by atoms with Crippen molar-refractivity contribution in [1.82, 2.24) is 9.38 Å². The lowest BCUT2D eigenvalue weighted by molar-refractivity contribution is 0.814. The Bertz CT molecular complexity index is 878. The van der Waals surface area contributed by atoms with Crippen LogP contribution in [0.1, 0.15) is 42.3 Å². The number of fused-ring (bicyclic) bond motifs is 1. The zero-order valence-electron chi connectivity index (χ0n) is 13.3. The number of hydrogen-bond donors (Lipinski definition) is 0. The monoisotopic (exact) mass is 309 g/mol. The first-order valence-electron chi connectivity index (χ1n) is 7.46. The third-order valence-corrected chi connectivity index (χ3v) is 4.91. The summed E-state index contributed by atoms with van der Waals surface area (Å²) in [6, 6.07) is 8.80. The van der Waals surface area contributed by atoms with Gasteiger partial charge in [-0.2, -0.15) is 5.26 Å². The quantitative estimate of drug-likeness (QED) is 0.692. The van der Waals surface area contributed by atoms with Crippen molar-refractivity contribution in [3.8, 4) is 17.3 Å². The first-order chi connectivity index (χ1) is 10.5. The molecule has 0 spiro atoms. The minimum absolute atomic E-state index is 0.322. The first kappa shape index (κ1) is 14.8. The molecule has 0 atom stereocenters. The highest BCUT2D eigenvalue weighted by Gasteiger charge is 2.19. The van der Waals surface area contributed by atoms with Crippen molar-refractivity contribution in [2.75, 3.05) is 0 Å². The number of rotatable bonds is 3. The molecule has 0 aliphatic carbocycles. The molecule has 0 amide bonds. The van der Waals surface area contributed by atoms with E-state index in [-0.39, 0.29) is 0 Å². The summed E-state index contributed by atoms with van der Waals surface area (Å²) in [5, 5.41) is 11.3. The number of nitriles is 1. The Labute approximate surface area is 134 Å². The number of aromatic nitrogens is 2. The molecule has 4 heteroatoms. The second kappa shape index (κ2) is 5.58. The van der Waals surface area contributed by atoms with E-state index in [2.05, 4.69) is 61.7 Å². The van der Waals surface area contributed by atoms with Gasteiger partial charge < -0.3 is 0 Å². The SMILES string of the molecule is Cc1ccc(-c2csc3nc(C(C)C)c(CC#N)n23)cc1C. The molecule has 0 aliphatic heterocycles. The Morgan fingerprint density at radius 2 is 2.05 bits per heavy atom. The minimum atomic E-state index is 0.322. The second-order valence-electron chi connectivity index (χ2n) is 5.97. The third kappa shape index (κ3) is 2.32. The lowest BCUT2D eigenvalue weighted by Crippen LogP contribution is -1.99. The Kier molecular flexibility index (Phi) is 3.76. The van der Waals surface area contributed by atoms with E-state index in [1.165, 1.54) is 16.7 Å². The molecule has 0 bridgehead atoms. The Hall–Kier alpha value is -2.12. The van der Waals surface area contributed by atoms with E-state index >= 15 is 0 Å². The highest BCUT2D eigenvalue weighted by molar-refractivity contribution is 7.15. The average molecular weight is 309 g/mol. The summed E-state index contributed by atoms with van der Waals surface area (Å²) in [6.45, 7) is 8.51. The number of aryl methyl sites for hydroxylation is 2. The summed E-state index contributed by atoms with van der Waals surface area (Å²) in [6.07, 6.45) is 0.392. The van der Waals surface area contributed by atoms with Crippen LogP contribution < -0.4 is 0 Å². The molecule has 2 heterocycles. The van der Waals surface area contributed by atoms with Gasteiger partial charge in [0.15, 0.2) is 4.96 Å². The van der Waals surface area contributed by atoms with E-state index in [4.69, 9.17) is 4.98 Å². The number of imidazole rings is 1. The zero-order chi connectivity index (χ0) is 15.9. The van der Waals surface area contributed by atoms with Gasteiger partial charge >= 0.3 is 0 Å². The van der Waals surface area contributed by atoms with Crippen molar-refractivity contribution in [2.24, 2.45) is 0 Å². The highest BCUT2D eigenvalue weighted by Crippen LogP contribution is 2.32. The Balaban J connectivity index is 2.26. The first-order valence-corrected chi connectivity index (χ1v) is 8.34. The normalized spacial score (nSPS) is 11.3. The van der Waals surface area contributed by atoms with E-state index in [0.29, 0.717) is 12.3 Å². The molecule has 0 radical (unpaired) electrons. The highest BCUT2D eigenvalue weighted by atomic mass is 32.1. The molecule has 3 nitrogen and oxygen atoms in total. The van der Waals surface area contributed by atoms with Gasteiger partial charge in [-0.3, -0.25) is 4.40 Å². The predicted octanol–water partition coefficient (Wildman–Crippen LogP) is 4.87. The molecule has 0 fully saturated rings. The van der Waals surface area contributed by atoms with Crippen molar-refractivity contribution in [2.45, 2.75) is 40.0 Å². The number of hydrogen-bond acceptors (Lipinski definition) is 3. The van der Waals surface area contributed by atoms with Gasteiger partial charge in [0.05, 0.1) is 29.6 Å². The van der Waals surface area contributed by atoms with Crippen LogP contribution in [0.25, 0.3) is 16.2 Å². The van der Waals surface area contributed by atoms with Crippen LogP contribution in [0.2, 0.25) is 0 Å². The van der Waals surface area contributed by atoms with Crippen LogP contribution in [0.5, 0.6) is 0 Å². The van der Waals surface area contributed by atoms with Gasteiger partial charge in [0.2, 0.25) is 0 Å². The maximum Gasteiger partial charge on any atom is 0.194 e. The summed E-state index contributed by atoms with van der Waals surface area (Å²) in [5.41, 5.74) is 6.96. The molecule has 3 rings (SSSR count). The van der Waals surface area contributed by atoms with Crippen LogP contribution in [0, 0.1) is 25.2 Å². The van der Waals surface area contributed by atoms with Crippen LogP contribution in [-0.4, -0.2) is 9.38 Å². The third-order valence-electron chi connectivity index (χ3n) is 4.09.